The molecule has 0 aliphatic carbocycles. The van der Waals surface area contributed by atoms with Gasteiger partial charge in [-0.15, -0.1) is 10.2 Å². The summed E-state index contributed by atoms with van der Waals surface area (Å²) in [5.74, 6) is 1.36. The maximum atomic E-state index is 5.64. The fourth-order valence-corrected chi connectivity index (χ4v) is 2.20. The van der Waals surface area contributed by atoms with Crippen LogP contribution < -0.4 is 10.1 Å². The summed E-state index contributed by atoms with van der Waals surface area (Å²) in [6.07, 6.45) is 4.92. The highest BCUT2D eigenvalue weighted by atomic mass is 35.5. The maximum Gasteiger partial charge on any atom is 0.233 e. The van der Waals surface area contributed by atoms with Crippen LogP contribution in [0, 0.1) is 5.92 Å². The van der Waals surface area contributed by atoms with Crippen molar-refractivity contribution < 1.29 is 4.74 Å². The minimum absolute atomic E-state index is 0.394. The summed E-state index contributed by atoms with van der Waals surface area (Å²) in [6, 6.07) is 3.44. The first-order valence-corrected chi connectivity index (χ1v) is 6.55. The third-order valence-electron chi connectivity index (χ3n) is 3.01. The standard InChI is InChI=1S/C12H18ClN3O/c13-11-5-6-12(16-15-11)17-8-2-4-10-3-1-7-14-9-10/h5-6,10,14H,1-4,7-9H2/t10-/m0/s1. The molecule has 0 amide bonds. The van der Waals surface area contributed by atoms with Gasteiger partial charge >= 0.3 is 0 Å². The van der Waals surface area contributed by atoms with Crippen LogP contribution >= 0.6 is 11.6 Å². The van der Waals surface area contributed by atoms with Crippen molar-refractivity contribution >= 4 is 11.6 Å². The fourth-order valence-electron chi connectivity index (χ4n) is 2.10. The Morgan fingerprint density at radius 1 is 1.41 bits per heavy atom. The predicted octanol–water partition coefficient (Wildman–Crippen LogP) is 2.29. The molecule has 0 radical (unpaired) electrons. The zero-order valence-electron chi connectivity index (χ0n) is 9.86. The Morgan fingerprint density at radius 3 is 3.06 bits per heavy atom. The van der Waals surface area contributed by atoms with Crippen molar-refractivity contribution in [3.05, 3.63) is 17.3 Å². The average molecular weight is 256 g/mol. The van der Waals surface area contributed by atoms with Crippen LogP contribution in [0.15, 0.2) is 12.1 Å². The lowest BCUT2D eigenvalue weighted by molar-refractivity contribution is 0.266. The van der Waals surface area contributed by atoms with Crippen molar-refractivity contribution in [3.8, 4) is 5.88 Å². The topological polar surface area (TPSA) is 47.0 Å². The average Bonchev–Trinajstić information content (AvgIpc) is 2.38. The monoisotopic (exact) mass is 255 g/mol. The number of hydrogen-bond acceptors (Lipinski definition) is 4. The normalized spacial score (nSPS) is 20.2. The molecule has 0 aromatic carbocycles. The Labute approximate surface area is 107 Å². The first kappa shape index (κ1) is 12.6. The van der Waals surface area contributed by atoms with E-state index in [2.05, 4.69) is 15.5 Å². The first-order valence-electron chi connectivity index (χ1n) is 6.17. The van der Waals surface area contributed by atoms with E-state index in [9.17, 15) is 0 Å². The number of nitrogens with zero attached hydrogens (tertiary/aromatic N) is 2. The first-order chi connectivity index (χ1) is 8.34. The van der Waals surface area contributed by atoms with Crippen LogP contribution in [0.25, 0.3) is 0 Å². The van der Waals surface area contributed by atoms with E-state index in [1.165, 1.54) is 25.8 Å². The maximum absolute atomic E-state index is 5.64. The van der Waals surface area contributed by atoms with Crippen molar-refractivity contribution in [2.24, 2.45) is 5.92 Å². The molecule has 0 saturated carbocycles. The molecule has 1 atom stereocenters. The summed E-state index contributed by atoms with van der Waals surface area (Å²) in [7, 11) is 0. The molecule has 0 unspecified atom stereocenters. The van der Waals surface area contributed by atoms with Gasteiger partial charge in [-0.05, 0) is 50.8 Å². The summed E-state index contributed by atoms with van der Waals surface area (Å²) in [5, 5.41) is 11.4. The Kier molecular flexibility index (Phi) is 5.01. The van der Waals surface area contributed by atoms with Gasteiger partial charge in [-0.2, -0.15) is 0 Å². The number of aromatic nitrogens is 2. The van der Waals surface area contributed by atoms with Crippen LogP contribution in [0.5, 0.6) is 5.88 Å². The zero-order valence-corrected chi connectivity index (χ0v) is 10.6. The number of rotatable bonds is 5. The Hall–Kier alpha value is -0.870. The lowest BCUT2D eigenvalue weighted by Crippen LogP contribution is -2.29. The van der Waals surface area contributed by atoms with E-state index >= 15 is 0 Å². The zero-order chi connectivity index (χ0) is 11.9. The molecule has 1 aliphatic heterocycles. The summed E-state index contributed by atoms with van der Waals surface area (Å²) >= 11 is 5.64. The summed E-state index contributed by atoms with van der Waals surface area (Å²) < 4.78 is 5.50. The molecule has 1 saturated heterocycles. The van der Waals surface area contributed by atoms with Gasteiger partial charge in [0.05, 0.1) is 6.61 Å². The van der Waals surface area contributed by atoms with Crippen molar-refractivity contribution in [1.29, 1.82) is 0 Å². The van der Waals surface area contributed by atoms with Gasteiger partial charge in [0, 0.05) is 6.07 Å². The predicted molar refractivity (Wildman–Crippen MR) is 67.4 cm³/mol. The molecule has 17 heavy (non-hydrogen) atoms. The molecule has 0 bridgehead atoms. The molecule has 1 aliphatic rings. The van der Waals surface area contributed by atoms with Gasteiger partial charge in [-0.25, -0.2) is 0 Å². The van der Waals surface area contributed by atoms with Crippen molar-refractivity contribution in [2.75, 3.05) is 19.7 Å². The minimum Gasteiger partial charge on any atom is -0.477 e. The number of piperidine rings is 1. The van der Waals surface area contributed by atoms with Gasteiger partial charge in [-0.1, -0.05) is 11.6 Å². The van der Waals surface area contributed by atoms with E-state index in [1.807, 2.05) is 0 Å². The van der Waals surface area contributed by atoms with E-state index in [0.717, 1.165) is 18.9 Å². The number of halogens is 1. The van der Waals surface area contributed by atoms with Crippen LogP contribution in [-0.4, -0.2) is 29.9 Å². The molecule has 2 heterocycles. The van der Waals surface area contributed by atoms with E-state index in [0.29, 0.717) is 17.6 Å². The molecule has 1 N–H and O–H groups in total. The van der Waals surface area contributed by atoms with Crippen LogP contribution in [0.3, 0.4) is 0 Å². The molecular formula is C12H18ClN3O. The molecule has 0 spiro atoms. The Bertz CT molecular complexity index is 325. The fraction of sp³-hybridized carbons (Fsp3) is 0.667. The highest BCUT2D eigenvalue weighted by Gasteiger charge is 2.12. The quantitative estimate of drug-likeness (QED) is 0.820. The van der Waals surface area contributed by atoms with Gasteiger partial charge in [0.1, 0.15) is 0 Å². The minimum atomic E-state index is 0.394. The van der Waals surface area contributed by atoms with Crippen LogP contribution in [0.4, 0.5) is 0 Å². The molecule has 2 rings (SSSR count). The second kappa shape index (κ2) is 6.77. The summed E-state index contributed by atoms with van der Waals surface area (Å²) in [4.78, 5) is 0. The van der Waals surface area contributed by atoms with Gasteiger partial charge < -0.3 is 10.1 Å². The van der Waals surface area contributed by atoms with E-state index < -0.39 is 0 Å². The van der Waals surface area contributed by atoms with E-state index in [-0.39, 0.29) is 0 Å². The molecule has 1 aromatic heterocycles. The van der Waals surface area contributed by atoms with Crippen molar-refractivity contribution in [1.82, 2.24) is 15.5 Å². The lowest BCUT2D eigenvalue weighted by atomic mass is 9.95. The molecule has 5 heteroatoms. The Morgan fingerprint density at radius 2 is 2.35 bits per heavy atom. The van der Waals surface area contributed by atoms with Gasteiger partial charge in [-0.3, -0.25) is 0 Å². The Balaban J connectivity index is 1.60. The molecule has 4 nitrogen and oxygen atoms in total. The largest absolute Gasteiger partial charge is 0.477 e. The molecular weight excluding hydrogens is 238 g/mol. The summed E-state index contributed by atoms with van der Waals surface area (Å²) in [6.45, 7) is 3.03. The highest BCUT2D eigenvalue weighted by molar-refractivity contribution is 6.29. The lowest BCUT2D eigenvalue weighted by Gasteiger charge is -2.22. The number of ether oxygens (including phenoxy) is 1. The van der Waals surface area contributed by atoms with E-state index in [4.69, 9.17) is 16.3 Å². The smallest absolute Gasteiger partial charge is 0.233 e. The molecule has 1 aromatic rings. The number of nitrogens with one attached hydrogen (secondary N) is 1. The van der Waals surface area contributed by atoms with Crippen LogP contribution in [-0.2, 0) is 0 Å². The molecule has 1 fully saturated rings. The van der Waals surface area contributed by atoms with Crippen molar-refractivity contribution in [3.63, 3.8) is 0 Å². The SMILES string of the molecule is Clc1ccc(OCCC[C@@H]2CCCNC2)nn1. The number of hydrogen-bond donors (Lipinski definition) is 1. The third kappa shape index (κ3) is 4.48. The molecule has 94 valence electrons. The van der Waals surface area contributed by atoms with Crippen molar-refractivity contribution in [2.45, 2.75) is 25.7 Å². The van der Waals surface area contributed by atoms with Gasteiger partial charge in [0.25, 0.3) is 0 Å². The van der Waals surface area contributed by atoms with Crippen LogP contribution in [0.1, 0.15) is 25.7 Å². The third-order valence-corrected chi connectivity index (χ3v) is 3.21. The van der Waals surface area contributed by atoms with Crippen LogP contribution in [0.2, 0.25) is 5.15 Å². The highest BCUT2D eigenvalue weighted by Crippen LogP contribution is 2.16. The van der Waals surface area contributed by atoms with E-state index in [1.54, 1.807) is 12.1 Å². The van der Waals surface area contributed by atoms with Gasteiger partial charge in [0.2, 0.25) is 5.88 Å². The second-order valence-corrected chi connectivity index (χ2v) is 4.78. The second-order valence-electron chi connectivity index (χ2n) is 4.40. The van der Waals surface area contributed by atoms with Gasteiger partial charge in [0.15, 0.2) is 5.15 Å². The summed E-state index contributed by atoms with van der Waals surface area (Å²) in [5.41, 5.74) is 0.